The van der Waals surface area contributed by atoms with E-state index in [1.54, 1.807) is 0 Å². The van der Waals surface area contributed by atoms with Gasteiger partial charge in [-0.1, -0.05) is 96.8 Å². The van der Waals surface area contributed by atoms with E-state index in [4.69, 9.17) is 12.8 Å². The number of aromatic nitrogens is 4. The highest BCUT2D eigenvalue weighted by molar-refractivity contribution is 6.10. The summed E-state index contributed by atoms with van der Waals surface area (Å²) in [6.07, 6.45) is 12.6. The maximum atomic E-state index is 6.29. The molecule has 0 bridgehead atoms. The number of nitrogens with zero attached hydrogens (tertiary/aromatic N) is 4. The zero-order chi connectivity index (χ0) is 37.7. The molecule has 4 heteroatoms. The van der Waals surface area contributed by atoms with Crippen molar-refractivity contribution in [2.75, 3.05) is 0 Å². The van der Waals surface area contributed by atoms with Gasteiger partial charge in [-0.25, -0.2) is 0 Å². The molecule has 4 heterocycles. The summed E-state index contributed by atoms with van der Waals surface area (Å²) in [5.41, 5.74) is 15.0. The van der Waals surface area contributed by atoms with Crippen LogP contribution in [0, 0.1) is 24.7 Å². The Kier molecular flexibility index (Phi) is 7.16. The van der Waals surface area contributed by atoms with Crippen molar-refractivity contribution in [3.05, 3.63) is 167 Å². The molecule has 11 rings (SSSR count). The Morgan fingerprint density at radius 3 is 1.12 bits per heavy atom. The molecule has 4 aromatic heterocycles. The molecule has 2 atom stereocenters. The fourth-order valence-electron chi connectivity index (χ4n) is 10.6. The molecule has 0 radical (unpaired) electrons. The lowest BCUT2D eigenvalue weighted by Gasteiger charge is -2.34. The first kappa shape index (κ1) is 32.5. The summed E-state index contributed by atoms with van der Waals surface area (Å²) in [5, 5.41) is 7.56. The number of para-hydroxylation sites is 4. The molecule has 0 amide bonds. The summed E-state index contributed by atoms with van der Waals surface area (Å²) >= 11 is 0. The smallest absolute Gasteiger partial charge is 0.0838 e. The van der Waals surface area contributed by atoms with Gasteiger partial charge in [0.15, 0.2) is 0 Å². The third-order valence-corrected chi connectivity index (χ3v) is 12.6. The lowest BCUT2D eigenvalue weighted by molar-refractivity contribution is 0.688. The summed E-state index contributed by atoms with van der Waals surface area (Å²) in [5.74, 6) is 5.94. The van der Waals surface area contributed by atoms with Crippen LogP contribution in [0.15, 0.2) is 133 Å². The van der Waals surface area contributed by atoms with Crippen molar-refractivity contribution < 1.29 is 0 Å². The van der Waals surface area contributed by atoms with Gasteiger partial charge in [-0.2, -0.15) is 0 Å². The highest BCUT2D eigenvalue weighted by Gasteiger charge is 2.42. The molecule has 1 aliphatic rings. The lowest BCUT2D eigenvalue weighted by atomic mass is 9.72. The van der Waals surface area contributed by atoms with Crippen molar-refractivity contribution in [1.82, 2.24) is 18.3 Å². The molecular formula is C52H40N4. The highest BCUT2D eigenvalue weighted by atomic mass is 15.0. The van der Waals surface area contributed by atoms with Crippen LogP contribution in [-0.2, 0) is 26.2 Å². The Bertz CT molecular complexity index is 3100. The average Bonchev–Trinajstić information content (AvgIpc) is 3.95. The second-order valence-corrected chi connectivity index (χ2v) is 15.2. The minimum Gasteiger partial charge on any atom is -0.341 e. The lowest BCUT2D eigenvalue weighted by Crippen LogP contribution is -2.24. The standard InChI is InChI=1S/C52H40N4/c1-5-29-55-43-23-15-11-19-37(43)49-48(34-26-28-46-40(32-34)36-18-10-14-22-42(36)54(46)8-4)52-50(38-20-12-16-24-44(38)56(52)30-6-2)47(51(49)55)33-25-27-45-39(31-33)35-17-9-13-21-41(35)53(45)7-3/h1-2,9-28,31-32,47-48H,7-8,29-30H2,3-4H3. The molecule has 56 heavy (non-hydrogen) atoms. The second-order valence-electron chi connectivity index (χ2n) is 15.2. The van der Waals surface area contributed by atoms with Crippen molar-refractivity contribution >= 4 is 65.4 Å². The molecule has 1 aliphatic carbocycles. The molecule has 0 aliphatic heterocycles. The van der Waals surface area contributed by atoms with Crippen LogP contribution in [0.3, 0.4) is 0 Å². The summed E-state index contributed by atoms with van der Waals surface area (Å²) in [6.45, 7) is 7.21. The molecule has 4 nitrogen and oxygen atoms in total. The summed E-state index contributed by atoms with van der Waals surface area (Å²) in [4.78, 5) is 0. The molecular weight excluding hydrogens is 681 g/mol. The van der Waals surface area contributed by atoms with Crippen LogP contribution >= 0.6 is 0 Å². The van der Waals surface area contributed by atoms with Crippen molar-refractivity contribution in [3.8, 4) is 24.7 Å². The number of fused-ring (bicyclic) bond motifs is 12. The predicted octanol–water partition coefficient (Wildman–Crippen LogP) is 11.8. The minimum atomic E-state index is -0.0974. The van der Waals surface area contributed by atoms with E-state index in [1.165, 1.54) is 88.0 Å². The maximum Gasteiger partial charge on any atom is 0.0838 e. The van der Waals surface area contributed by atoms with Gasteiger partial charge in [-0.3, -0.25) is 0 Å². The fraction of sp³-hybridized carbons (Fsp3) is 0.154. The van der Waals surface area contributed by atoms with Crippen LogP contribution in [0.4, 0.5) is 0 Å². The molecule has 2 unspecified atom stereocenters. The van der Waals surface area contributed by atoms with Gasteiger partial charge in [0.1, 0.15) is 0 Å². The first-order valence-electron chi connectivity index (χ1n) is 19.8. The van der Waals surface area contributed by atoms with Crippen LogP contribution in [0.5, 0.6) is 0 Å². The van der Waals surface area contributed by atoms with Crippen molar-refractivity contribution in [1.29, 1.82) is 0 Å². The Morgan fingerprint density at radius 1 is 0.411 bits per heavy atom. The third kappa shape index (κ3) is 4.27. The fourth-order valence-corrected chi connectivity index (χ4v) is 10.6. The quantitative estimate of drug-likeness (QED) is 0.152. The molecule has 0 saturated carbocycles. The molecule has 0 spiro atoms. The largest absolute Gasteiger partial charge is 0.341 e. The Balaban J connectivity index is 1.30. The van der Waals surface area contributed by atoms with Crippen molar-refractivity contribution in [2.45, 2.75) is 51.9 Å². The number of hydrogen-bond donors (Lipinski definition) is 0. The molecule has 268 valence electrons. The zero-order valence-corrected chi connectivity index (χ0v) is 31.6. The molecule has 0 N–H and O–H groups in total. The number of aryl methyl sites for hydroxylation is 2. The van der Waals surface area contributed by atoms with Gasteiger partial charge in [-0.05, 0) is 84.6 Å². The summed E-state index contributed by atoms with van der Waals surface area (Å²) < 4.78 is 9.73. The van der Waals surface area contributed by atoms with Gasteiger partial charge in [-0.15, -0.1) is 12.8 Å². The molecule has 0 saturated heterocycles. The van der Waals surface area contributed by atoms with Crippen LogP contribution in [0.1, 0.15) is 59.3 Å². The van der Waals surface area contributed by atoms with Crippen LogP contribution in [0.25, 0.3) is 65.4 Å². The van der Waals surface area contributed by atoms with Crippen molar-refractivity contribution in [2.24, 2.45) is 0 Å². The number of benzene rings is 6. The van der Waals surface area contributed by atoms with E-state index in [0.717, 1.165) is 24.1 Å². The highest BCUT2D eigenvalue weighted by Crippen LogP contribution is 2.55. The van der Waals surface area contributed by atoms with Crippen LogP contribution in [0.2, 0.25) is 0 Å². The first-order valence-corrected chi connectivity index (χ1v) is 19.8. The van der Waals surface area contributed by atoms with Gasteiger partial charge < -0.3 is 18.3 Å². The van der Waals surface area contributed by atoms with Gasteiger partial charge in [0.2, 0.25) is 0 Å². The van der Waals surface area contributed by atoms with E-state index >= 15 is 0 Å². The zero-order valence-electron chi connectivity index (χ0n) is 31.6. The summed E-state index contributed by atoms with van der Waals surface area (Å²) in [7, 11) is 0. The van der Waals surface area contributed by atoms with E-state index in [1.807, 2.05) is 0 Å². The SMILES string of the molecule is C#CCn1c2c(c3ccccc31)C(c1ccc3c(c1)c1ccccc1n3CC)c1c(c3ccccc3n1CC#C)C2c1ccc2c(c1)c1ccccc1n2CC. The van der Waals surface area contributed by atoms with E-state index in [2.05, 4.69) is 177 Å². The van der Waals surface area contributed by atoms with Crippen LogP contribution < -0.4 is 0 Å². The second kappa shape index (κ2) is 12.3. The average molecular weight is 721 g/mol. The number of terminal acetylenes is 2. The predicted molar refractivity (Wildman–Crippen MR) is 234 cm³/mol. The van der Waals surface area contributed by atoms with Gasteiger partial charge >= 0.3 is 0 Å². The maximum absolute atomic E-state index is 6.29. The molecule has 0 fully saturated rings. The van der Waals surface area contributed by atoms with E-state index < -0.39 is 0 Å². The number of rotatable bonds is 6. The van der Waals surface area contributed by atoms with Crippen LogP contribution in [-0.4, -0.2) is 18.3 Å². The van der Waals surface area contributed by atoms with E-state index in [0.29, 0.717) is 13.1 Å². The van der Waals surface area contributed by atoms with E-state index in [-0.39, 0.29) is 11.8 Å². The topological polar surface area (TPSA) is 19.7 Å². The third-order valence-electron chi connectivity index (χ3n) is 12.6. The molecule has 10 aromatic rings. The Labute approximate surface area is 326 Å². The number of hydrogen-bond acceptors (Lipinski definition) is 0. The van der Waals surface area contributed by atoms with Gasteiger partial charge in [0, 0.05) is 89.9 Å². The summed E-state index contributed by atoms with van der Waals surface area (Å²) in [6, 6.07) is 49.6. The van der Waals surface area contributed by atoms with E-state index in [9.17, 15) is 0 Å². The normalized spacial score (nSPS) is 15.2. The molecule has 6 aromatic carbocycles. The first-order chi connectivity index (χ1) is 27.7. The van der Waals surface area contributed by atoms with Gasteiger partial charge in [0.05, 0.1) is 24.9 Å². The monoisotopic (exact) mass is 720 g/mol. The van der Waals surface area contributed by atoms with Gasteiger partial charge in [0.25, 0.3) is 0 Å². The Morgan fingerprint density at radius 2 is 0.750 bits per heavy atom. The van der Waals surface area contributed by atoms with Crippen molar-refractivity contribution in [3.63, 3.8) is 0 Å². The Hall–Kier alpha value is -6.88. The minimum absolute atomic E-state index is 0.0974.